The van der Waals surface area contributed by atoms with Gasteiger partial charge in [0.15, 0.2) is 0 Å². The molecule has 1 aromatic heterocycles. The Morgan fingerprint density at radius 3 is 2.64 bits per heavy atom. The third-order valence-corrected chi connectivity index (χ3v) is 1.07. The summed E-state index contributed by atoms with van der Waals surface area (Å²) in [5.74, 6) is -3.06. The van der Waals surface area contributed by atoms with Gasteiger partial charge in [0, 0.05) is 0 Å². The van der Waals surface area contributed by atoms with E-state index in [0.717, 1.165) is 12.1 Å². The first-order chi connectivity index (χ1) is 5.11. The first-order valence-electron chi connectivity index (χ1n) is 2.70. The Hall–Kier alpha value is -1.65. The number of aromatic hydroxyl groups is 1. The van der Waals surface area contributed by atoms with Gasteiger partial charge in [0.1, 0.15) is 5.56 Å². The number of aromatic nitrogens is 1. The van der Waals surface area contributed by atoms with Crippen LogP contribution >= 0.6 is 0 Å². The monoisotopic (exact) mass is 157 g/mol. The Kier molecular flexibility index (Phi) is 1.72. The van der Waals surface area contributed by atoms with Gasteiger partial charge in [-0.1, -0.05) is 0 Å². The lowest BCUT2D eigenvalue weighted by Gasteiger charge is -1.95. The number of carboxylic acid groups (broad SMARTS) is 1. The highest BCUT2D eigenvalue weighted by Gasteiger charge is 2.10. The van der Waals surface area contributed by atoms with Gasteiger partial charge in [-0.15, -0.1) is 0 Å². The van der Waals surface area contributed by atoms with Crippen molar-refractivity contribution in [3.8, 4) is 5.88 Å². The van der Waals surface area contributed by atoms with Gasteiger partial charge in [0.25, 0.3) is 0 Å². The Bertz CT molecular complexity index is 300. The molecule has 0 fully saturated rings. The fraction of sp³-hybridized carbons (Fsp3) is 0. The molecular weight excluding hydrogens is 153 g/mol. The van der Waals surface area contributed by atoms with E-state index in [4.69, 9.17) is 10.2 Å². The minimum Gasteiger partial charge on any atom is -0.493 e. The smallest absolute Gasteiger partial charge is 0.341 e. The highest BCUT2D eigenvalue weighted by Crippen LogP contribution is 2.12. The molecule has 0 unspecified atom stereocenters. The van der Waals surface area contributed by atoms with Gasteiger partial charge in [-0.2, -0.15) is 9.37 Å². The summed E-state index contributed by atoms with van der Waals surface area (Å²) < 4.78 is 12.1. The number of aromatic carboxylic acids is 1. The van der Waals surface area contributed by atoms with Gasteiger partial charge in [0.05, 0.1) is 0 Å². The van der Waals surface area contributed by atoms with E-state index >= 15 is 0 Å². The van der Waals surface area contributed by atoms with E-state index in [1.165, 1.54) is 0 Å². The van der Waals surface area contributed by atoms with E-state index in [2.05, 4.69) is 4.98 Å². The number of halogens is 1. The van der Waals surface area contributed by atoms with Crippen LogP contribution in [0.25, 0.3) is 0 Å². The van der Waals surface area contributed by atoms with Crippen LogP contribution in [0.5, 0.6) is 5.88 Å². The van der Waals surface area contributed by atoms with Gasteiger partial charge in [0.2, 0.25) is 11.8 Å². The largest absolute Gasteiger partial charge is 0.493 e. The fourth-order valence-electron chi connectivity index (χ4n) is 0.592. The van der Waals surface area contributed by atoms with Crippen LogP contribution < -0.4 is 0 Å². The predicted octanol–water partition coefficient (Wildman–Crippen LogP) is 0.624. The molecular formula is C6H4FNO3. The summed E-state index contributed by atoms with van der Waals surface area (Å²) in [4.78, 5) is 13.1. The van der Waals surface area contributed by atoms with Crippen molar-refractivity contribution in [3.05, 3.63) is 23.6 Å². The van der Waals surface area contributed by atoms with Crippen molar-refractivity contribution >= 4 is 5.97 Å². The van der Waals surface area contributed by atoms with Gasteiger partial charge >= 0.3 is 5.97 Å². The summed E-state index contributed by atoms with van der Waals surface area (Å²) in [5, 5.41) is 17.1. The second-order valence-electron chi connectivity index (χ2n) is 1.81. The number of nitrogens with zero attached hydrogens (tertiary/aromatic N) is 1. The molecule has 0 aliphatic heterocycles. The summed E-state index contributed by atoms with van der Waals surface area (Å²) in [6, 6.07) is 1.81. The number of pyridine rings is 1. The molecule has 11 heavy (non-hydrogen) atoms. The van der Waals surface area contributed by atoms with Crippen LogP contribution in [0, 0.1) is 5.95 Å². The number of hydrogen-bond donors (Lipinski definition) is 2. The molecule has 0 saturated heterocycles. The zero-order chi connectivity index (χ0) is 8.43. The van der Waals surface area contributed by atoms with Crippen LogP contribution in [0.15, 0.2) is 12.1 Å². The second-order valence-corrected chi connectivity index (χ2v) is 1.81. The molecule has 0 atom stereocenters. The molecule has 0 saturated carbocycles. The maximum atomic E-state index is 12.1. The predicted molar refractivity (Wildman–Crippen MR) is 32.8 cm³/mol. The lowest BCUT2D eigenvalue weighted by atomic mass is 10.3. The molecule has 58 valence electrons. The van der Waals surface area contributed by atoms with Crippen LogP contribution in [-0.2, 0) is 0 Å². The third kappa shape index (κ3) is 1.43. The molecule has 1 aromatic rings. The highest BCUT2D eigenvalue weighted by atomic mass is 19.1. The number of carbonyl (C=O) groups is 1. The summed E-state index contributed by atoms with van der Waals surface area (Å²) in [6.45, 7) is 0. The number of rotatable bonds is 1. The summed E-state index contributed by atoms with van der Waals surface area (Å²) >= 11 is 0. The van der Waals surface area contributed by atoms with E-state index in [-0.39, 0.29) is 0 Å². The van der Waals surface area contributed by atoms with E-state index < -0.39 is 23.4 Å². The van der Waals surface area contributed by atoms with Crippen molar-refractivity contribution in [2.24, 2.45) is 0 Å². The molecule has 1 heterocycles. The highest BCUT2D eigenvalue weighted by molar-refractivity contribution is 5.89. The lowest BCUT2D eigenvalue weighted by Crippen LogP contribution is -1.98. The maximum Gasteiger partial charge on any atom is 0.341 e. The fourth-order valence-corrected chi connectivity index (χ4v) is 0.592. The Labute approximate surface area is 60.9 Å². The molecule has 4 nitrogen and oxygen atoms in total. The molecule has 1 rings (SSSR count). The molecule has 5 heteroatoms. The van der Waals surface area contributed by atoms with Crippen molar-refractivity contribution in [3.63, 3.8) is 0 Å². The Morgan fingerprint density at radius 1 is 1.55 bits per heavy atom. The Morgan fingerprint density at radius 2 is 2.18 bits per heavy atom. The van der Waals surface area contributed by atoms with Crippen molar-refractivity contribution in [1.82, 2.24) is 4.98 Å². The van der Waals surface area contributed by atoms with Gasteiger partial charge < -0.3 is 10.2 Å². The Balaban J connectivity index is 3.20. The number of hydrogen-bond acceptors (Lipinski definition) is 3. The normalized spacial score (nSPS) is 9.55. The van der Waals surface area contributed by atoms with Crippen molar-refractivity contribution < 1.29 is 19.4 Å². The van der Waals surface area contributed by atoms with Crippen LogP contribution in [0.3, 0.4) is 0 Å². The molecule has 0 aliphatic rings. The van der Waals surface area contributed by atoms with E-state index in [9.17, 15) is 9.18 Å². The minimum atomic E-state index is -1.34. The third-order valence-electron chi connectivity index (χ3n) is 1.07. The van der Waals surface area contributed by atoms with Gasteiger partial charge in [-0.05, 0) is 12.1 Å². The molecule has 0 bridgehead atoms. The van der Waals surface area contributed by atoms with Crippen molar-refractivity contribution in [2.75, 3.05) is 0 Å². The summed E-state index contributed by atoms with van der Waals surface area (Å²) in [6.07, 6.45) is 0. The summed E-state index contributed by atoms with van der Waals surface area (Å²) in [5.41, 5.74) is -0.411. The topological polar surface area (TPSA) is 70.4 Å². The molecule has 0 spiro atoms. The molecule has 2 N–H and O–H groups in total. The minimum absolute atomic E-state index is 0.411. The molecule has 0 radical (unpaired) electrons. The van der Waals surface area contributed by atoms with Gasteiger partial charge in [-0.3, -0.25) is 0 Å². The SMILES string of the molecule is O=C(O)c1ccc(F)nc1O. The summed E-state index contributed by atoms with van der Waals surface area (Å²) in [7, 11) is 0. The molecule has 0 aliphatic carbocycles. The van der Waals surface area contributed by atoms with E-state index in [1.807, 2.05) is 0 Å². The zero-order valence-corrected chi connectivity index (χ0v) is 5.28. The van der Waals surface area contributed by atoms with Crippen molar-refractivity contribution in [2.45, 2.75) is 0 Å². The quantitative estimate of drug-likeness (QED) is 0.586. The second kappa shape index (κ2) is 2.53. The lowest BCUT2D eigenvalue weighted by molar-refractivity contribution is 0.0692. The average molecular weight is 157 g/mol. The van der Waals surface area contributed by atoms with Crippen molar-refractivity contribution in [1.29, 1.82) is 0 Å². The standard InChI is InChI=1S/C6H4FNO3/c7-4-2-1-3(6(10)11)5(9)8-4/h1-2H,(H,8,9)(H,10,11). The average Bonchev–Trinajstić information content (AvgIpc) is 1.85. The first kappa shape index (κ1) is 7.46. The van der Waals surface area contributed by atoms with Gasteiger partial charge in [-0.25, -0.2) is 4.79 Å². The van der Waals surface area contributed by atoms with Crippen LogP contribution in [0.1, 0.15) is 10.4 Å². The maximum absolute atomic E-state index is 12.1. The van der Waals surface area contributed by atoms with Crippen LogP contribution in [0.2, 0.25) is 0 Å². The van der Waals surface area contributed by atoms with E-state index in [1.54, 1.807) is 0 Å². The van der Waals surface area contributed by atoms with Crippen LogP contribution in [-0.4, -0.2) is 21.2 Å². The number of carboxylic acids is 1. The van der Waals surface area contributed by atoms with Crippen LogP contribution in [0.4, 0.5) is 4.39 Å². The zero-order valence-electron chi connectivity index (χ0n) is 5.28. The molecule has 0 aromatic carbocycles. The first-order valence-corrected chi connectivity index (χ1v) is 2.70. The molecule has 0 amide bonds. The van der Waals surface area contributed by atoms with E-state index in [0.29, 0.717) is 0 Å².